The molecule has 3 aromatic rings. The van der Waals surface area contributed by atoms with Crippen molar-refractivity contribution in [2.45, 2.75) is 31.7 Å². The Balaban J connectivity index is 1.49. The molecular formula is C28H33N3O3S. The van der Waals surface area contributed by atoms with Gasteiger partial charge in [-0.05, 0) is 48.7 Å². The number of carbonyl (C=O) groups excluding carboxylic acids is 1. The third-order valence-electron chi connectivity index (χ3n) is 6.49. The first kappa shape index (κ1) is 24.9. The van der Waals surface area contributed by atoms with Crippen LogP contribution in [0.4, 0.5) is 5.69 Å². The second kappa shape index (κ2) is 11.1. The van der Waals surface area contributed by atoms with Gasteiger partial charge in [-0.3, -0.25) is 14.0 Å². The maximum Gasteiger partial charge on any atom is 0.264 e. The van der Waals surface area contributed by atoms with Crippen molar-refractivity contribution in [1.82, 2.24) is 9.80 Å². The molecule has 0 radical (unpaired) electrons. The molecule has 0 aliphatic carbocycles. The molecule has 0 unspecified atom stereocenters. The molecule has 0 aromatic heterocycles. The number of carbonyl (C=O) groups is 1. The first-order valence-corrected chi connectivity index (χ1v) is 13.5. The van der Waals surface area contributed by atoms with Crippen molar-refractivity contribution in [3.63, 3.8) is 0 Å². The van der Waals surface area contributed by atoms with Gasteiger partial charge in [-0.1, -0.05) is 67.1 Å². The summed E-state index contributed by atoms with van der Waals surface area (Å²) in [5.41, 5.74) is 3.84. The van der Waals surface area contributed by atoms with E-state index < -0.39 is 10.0 Å². The molecule has 1 heterocycles. The zero-order chi connectivity index (χ0) is 24.8. The van der Waals surface area contributed by atoms with E-state index in [1.54, 1.807) is 41.3 Å². The standard InChI is InChI=1S/C28H33N3O3S/c1-3-24-11-13-26(14-12-24)31(35(33,34)27-15-9-23(2)10-16-27)22-28(32)30-19-17-29(18-20-30)21-25-7-5-4-6-8-25/h4-16H,3,17-22H2,1-2H3. The zero-order valence-corrected chi connectivity index (χ0v) is 21.2. The lowest BCUT2D eigenvalue weighted by Gasteiger charge is -2.36. The largest absolute Gasteiger partial charge is 0.339 e. The second-order valence-corrected chi connectivity index (χ2v) is 10.8. The summed E-state index contributed by atoms with van der Waals surface area (Å²) in [6, 6.07) is 24.5. The summed E-state index contributed by atoms with van der Waals surface area (Å²) in [5.74, 6) is -0.181. The molecule has 0 N–H and O–H groups in total. The van der Waals surface area contributed by atoms with Crippen molar-refractivity contribution in [1.29, 1.82) is 0 Å². The van der Waals surface area contributed by atoms with Crippen LogP contribution in [0, 0.1) is 6.92 Å². The first-order chi connectivity index (χ1) is 16.9. The summed E-state index contributed by atoms with van der Waals surface area (Å²) in [4.78, 5) is 17.6. The van der Waals surface area contributed by atoms with Crippen molar-refractivity contribution in [3.05, 3.63) is 95.6 Å². The monoisotopic (exact) mass is 491 g/mol. The fourth-order valence-corrected chi connectivity index (χ4v) is 5.68. The van der Waals surface area contributed by atoms with E-state index >= 15 is 0 Å². The minimum atomic E-state index is -3.90. The minimum absolute atomic E-state index is 0.181. The molecular weight excluding hydrogens is 458 g/mol. The van der Waals surface area contributed by atoms with Gasteiger partial charge in [0, 0.05) is 32.7 Å². The van der Waals surface area contributed by atoms with Gasteiger partial charge < -0.3 is 4.90 Å². The minimum Gasteiger partial charge on any atom is -0.339 e. The van der Waals surface area contributed by atoms with E-state index in [2.05, 4.69) is 24.0 Å². The number of benzene rings is 3. The van der Waals surface area contributed by atoms with Gasteiger partial charge in [-0.2, -0.15) is 0 Å². The molecule has 1 aliphatic rings. The molecule has 3 aromatic carbocycles. The number of amides is 1. The molecule has 0 saturated carbocycles. The van der Waals surface area contributed by atoms with Crippen LogP contribution < -0.4 is 4.31 Å². The van der Waals surface area contributed by atoms with Crippen LogP contribution in [0.3, 0.4) is 0 Å². The van der Waals surface area contributed by atoms with Crippen LogP contribution >= 0.6 is 0 Å². The van der Waals surface area contributed by atoms with E-state index in [1.807, 2.05) is 37.3 Å². The average Bonchev–Trinajstić information content (AvgIpc) is 2.88. The lowest BCUT2D eigenvalue weighted by atomic mass is 10.1. The Morgan fingerprint density at radius 3 is 2.06 bits per heavy atom. The van der Waals surface area contributed by atoms with Crippen molar-refractivity contribution in [2.24, 2.45) is 0 Å². The van der Waals surface area contributed by atoms with Gasteiger partial charge in [-0.15, -0.1) is 0 Å². The van der Waals surface area contributed by atoms with Crippen molar-refractivity contribution >= 4 is 21.6 Å². The Kier molecular flexibility index (Phi) is 7.88. The third-order valence-corrected chi connectivity index (χ3v) is 8.28. The van der Waals surface area contributed by atoms with E-state index in [-0.39, 0.29) is 17.3 Å². The highest BCUT2D eigenvalue weighted by molar-refractivity contribution is 7.92. The average molecular weight is 492 g/mol. The lowest BCUT2D eigenvalue weighted by Crippen LogP contribution is -2.51. The van der Waals surface area contributed by atoms with Gasteiger partial charge in [0.05, 0.1) is 10.6 Å². The van der Waals surface area contributed by atoms with Crippen molar-refractivity contribution < 1.29 is 13.2 Å². The Morgan fingerprint density at radius 1 is 0.829 bits per heavy atom. The number of sulfonamides is 1. The molecule has 6 nitrogen and oxygen atoms in total. The fourth-order valence-electron chi connectivity index (χ4n) is 4.27. The van der Waals surface area contributed by atoms with Crippen LogP contribution in [0.15, 0.2) is 83.8 Å². The fraction of sp³-hybridized carbons (Fsp3) is 0.321. The van der Waals surface area contributed by atoms with Crippen LogP contribution in [0.5, 0.6) is 0 Å². The molecule has 0 bridgehead atoms. The molecule has 184 valence electrons. The summed E-state index contributed by atoms with van der Waals surface area (Å²) in [7, 11) is -3.90. The van der Waals surface area contributed by atoms with Gasteiger partial charge in [0.15, 0.2) is 0 Å². The highest BCUT2D eigenvalue weighted by atomic mass is 32.2. The topological polar surface area (TPSA) is 60.9 Å². The van der Waals surface area contributed by atoms with Crippen LogP contribution in [0.25, 0.3) is 0 Å². The van der Waals surface area contributed by atoms with Gasteiger partial charge in [0.25, 0.3) is 10.0 Å². The number of hydrogen-bond acceptors (Lipinski definition) is 4. The van der Waals surface area contributed by atoms with Gasteiger partial charge in [0.2, 0.25) is 5.91 Å². The first-order valence-electron chi connectivity index (χ1n) is 12.1. The highest BCUT2D eigenvalue weighted by Gasteiger charge is 2.30. The van der Waals surface area contributed by atoms with Gasteiger partial charge in [-0.25, -0.2) is 8.42 Å². The van der Waals surface area contributed by atoms with E-state index in [0.29, 0.717) is 18.8 Å². The van der Waals surface area contributed by atoms with Crippen molar-refractivity contribution in [2.75, 3.05) is 37.0 Å². The quantitative estimate of drug-likeness (QED) is 0.476. The molecule has 1 fully saturated rings. The molecule has 0 atom stereocenters. The predicted octanol–water partition coefficient (Wildman–Crippen LogP) is 4.10. The number of piperazine rings is 1. The lowest BCUT2D eigenvalue weighted by molar-refractivity contribution is -0.131. The molecule has 1 saturated heterocycles. The predicted molar refractivity (Wildman–Crippen MR) is 140 cm³/mol. The normalized spacial score (nSPS) is 14.6. The second-order valence-electron chi connectivity index (χ2n) is 8.99. The Bertz CT molecular complexity index is 1220. The van der Waals surface area contributed by atoms with Crippen molar-refractivity contribution in [3.8, 4) is 0 Å². The molecule has 7 heteroatoms. The number of hydrogen-bond donors (Lipinski definition) is 0. The molecule has 1 amide bonds. The summed E-state index contributed by atoms with van der Waals surface area (Å²) < 4.78 is 28.5. The SMILES string of the molecule is CCc1ccc(N(CC(=O)N2CCN(Cc3ccccc3)CC2)S(=O)(=O)c2ccc(C)cc2)cc1. The highest BCUT2D eigenvalue weighted by Crippen LogP contribution is 2.25. The molecule has 4 rings (SSSR count). The maximum atomic E-state index is 13.6. The Labute approximate surface area is 208 Å². The van der Waals surface area contributed by atoms with E-state index in [0.717, 1.165) is 37.2 Å². The van der Waals surface area contributed by atoms with Crippen LogP contribution in [-0.4, -0.2) is 56.8 Å². The number of nitrogens with zero attached hydrogens (tertiary/aromatic N) is 3. The van der Waals surface area contributed by atoms with Gasteiger partial charge in [0.1, 0.15) is 6.54 Å². The smallest absolute Gasteiger partial charge is 0.264 e. The van der Waals surface area contributed by atoms with E-state index in [1.165, 1.54) is 9.87 Å². The number of rotatable bonds is 8. The Hall–Kier alpha value is -3.16. The van der Waals surface area contributed by atoms with Crippen LogP contribution in [0.1, 0.15) is 23.6 Å². The van der Waals surface area contributed by atoms with Gasteiger partial charge >= 0.3 is 0 Å². The van der Waals surface area contributed by atoms with Crippen LogP contribution in [0.2, 0.25) is 0 Å². The maximum absolute atomic E-state index is 13.6. The van der Waals surface area contributed by atoms with E-state index in [4.69, 9.17) is 0 Å². The van der Waals surface area contributed by atoms with E-state index in [9.17, 15) is 13.2 Å². The molecule has 1 aliphatic heterocycles. The zero-order valence-electron chi connectivity index (χ0n) is 20.4. The summed E-state index contributed by atoms with van der Waals surface area (Å²) in [6.45, 7) is 7.28. The molecule has 35 heavy (non-hydrogen) atoms. The summed E-state index contributed by atoms with van der Waals surface area (Å²) in [5, 5.41) is 0. The summed E-state index contributed by atoms with van der Waals surface area (Å²) >= 11 is 0. The Morgan fingerprint density at radius 2 is 1.46 bits per heavy atom. The van der Waals surface area contributed by atoms with Crippen LogP contribution in [-0.2, 0) is 27.8 Å². The number of aryl methyl sites for hydroxylation is 2. The third kappa shape index (κ3) is 6.10. The molecule has 0 spiro atoms. The number of anilines is 1. The summed E-state index contributed by atoms with van der Waals surface area (Å²) in [6.07, 6.45) is 0.858.